The van der Waals surface area contributed by atoms with Crippen molar-refractivity contribution in [3.8, 4) is 11.3 Å². The third-order valence-electron chi connectivity index (χ3n) is 3.13. The van der Waals surface area contributed by atoms with E-state index in [0.717, 1.165) is 28.5 Å². The number of thiazole rings is 1. The summed E-state index contributed by atoms with van der Waals surface area (Å²) in [5.74, 6) is 0.0284. The highest BCUT2D eigenvalue weighted by Crippen LogP contribution is 2.23. The standard InChI is InChI=1S/C16H21N3OS/c1-4-17-11(2)9-16(20)19-14-7-5-13(6-8-14)15-10-21-12(3)18-15/h5-8,10-11,17H,4,9H2,1-3H3,(H,19,20). The van der Waals surface area contributed by atoms with Crippen molar-refractivity contribution in [2.45, 2.75) is 33.2 Å². The SMILES string of the molecule is CCNC(C)CC(=O)Nc1ccc(-c2csc(C)n2)cc1. The van der Waals surface area contributed by atoms with Crippen molar-refractivity contribution in [1.82, 2.24) is 10.3 Å². The van der Waals surface area contributed by atoms with Gasteiger partial charge in [0.05, 0.1) is 10.7 Å². The lowest BCUT2D eigenvalue weighted by Crippen LogP contribution is -2.30. The Morgan fingerprint density at radius 3 is 2.62 bits per heavy atom. The Balaban J connectivity index is 1.95. The van der Waals surface area contributed by atoms with Crippen molar-refractivity contribution in [1.29, 1.82) is 0 Å². The molecule has 1 atom stereocenters. The highest BCUT2D eigenvalue weighted by atomic mass is 32.1. The first-order valence-electron chi connectivity index (χ1n) is 7.14. The molecule has 0 saturated carbocycles. The van der Waals surface area contributed by atoms with E-state index in [1.165, 1.54) is 0 Å². The smallest absolute Gasteiger partial charge is 0.225 e. The summed E-state index contributed by atoms with van der Waals surface area (Å²) in [6.45, 7) is 6.91. The van der Waals surface area contributed by atoms with Crippen LogP contribution >= 0.6 is 11.3 Å². The number of anilines is 1. The fourth-order valence-corrected chi connectivity index (χ4v) is 2.75. The molecule has 112 valence electrons. The molecule has 1 unspecified atom stereocenters. The summed E-state index contributed by atoms with van der Waals surface area (Å²) in [5.41, 5.74) is 2.87. The van der Waals surface area contributed by atoms with Crippen LogP contribution in [-0.2, 0) is 4.79 Å². The monoisotopic (exact) mass is 303 g/mol. The van der Waals surface area contributed by atoms with Gasteiger partial charge in [0.15, 0.2) is 0 Å². The first kappa shape index (κ1) is 15.7. The average Bonchev–Trinajstić information content (AvgIpc) is 2.86. The number of nitrogens with one attached hydrogen (secondary N) is 2. The van der Waals surface area contributed by atoms with Gasteiger partial charge >= 0.3 is 0 Å². The zero-order chi connectivity index (χ0) is 15.2. The minimum absolute atomic E-state index is 0.0284. The molecule has 0 saturated heterocycles. The Labute approximate surface area is 129 Å². The average molecular weight is 303 g/mol. The maximum Gasteiger partial charge on any atom is 0.225 e. The molecular formula is C16H21N3OS. The lowest BCUT2D eigenvalue weighted by molar-refractivity contribution is -0.116. The second kappa shape index (κ2) is 7.33. The highest BCUT2D eigenvalue weighted by Gasteiger charge is 2.08. The van der Waals surface area contributed by atoms with Gasteiger partial charge in [-0.1, -0.05) is 19.1 Å². The lowest BCUT2D eigenvalue weighted by atomic mass is 10.1. The number of carbonyl (C=O) groups is 1. The summed E-state index contributed by atoms with van der Waals surface area (Å²) in [5, 5.41) is 9.24. The predicted molar refractivity (Wildman–Crippen MR) is 88.7 cm³/mol. The summed E-state index contributed by atoms with van der Waals surface area (Å²) in [4.78, 5) is 16.3. The molecule has 2 N–H and O–H groups in total. The maximum atomic E-state index is 11.9. The van der Waals surface area contributed by atoms with Gasteiger partial charge in [-0.2, -0.15) is 0 Å². The van der Waals surface area contributed by atoms with Crippen LogP contribution in [0.4, 0.5) is 5.69 Å². The molecule has 1 amide bonds. The number of nitrogens with zero attached hydrogens (tertiary/aromatic N) is 1. The molecule has 0 aliphatic heterocycles. The fourth-order valence-electron chi connectivity index (χ4n) is 2.13. The molecule has 4 nitrogen and oxygen atoms in total. The molecule has 5 heteroatoms. The van der Waals surface area contributed by atoms with Crippen LogP contribution in [0.3, 0.4) is 0 Å². The lowest BCUT2D eigenvalue weighted by Gasteiger charge is -2.12. The summed E-state index contributed by atoms with van der Waals surface area (Å²) in [6.07, 6.45) is 0.473. The van der Waals surface area contributed by atoms with E-state index >= 15 is 0 Å². The molecule has 2 rings (SSSR count). The van der Waals surface area contributed by atoms with E-state index in [4.69, 9.17) is 0 Å². The maximum absolute atomic E-state index is 11.9. The molecule has 0 fully saturated rings. The molecule has 0 radical (unpaired) electrons. The number of carbonyl (C=O) groups excluding carboxylic acids is 1. The number of hydrogen-bond donors (Lipinski definition) is 2. The number of rotatable bonds is 6. The van der Waals surface area contributed by atoms with Gasteiger partial charge in [0.25, 0.3) is 0 Å². The van der Waals surface area contributed by atoms with E-state index in [1.807, 2.05) is 50.4 Å². The molecule has 0 bridgehead atoms. The van der Waals surface area contributed by atoms with Gasteiger partial charge < -0.3 is 10.6 Å². The fraction of sp³-hybridized carbons (Fsp3) is 0.375. The molecule has 0 spiro atoms. The first-order chi connectivity index (χ1) is 10.1. The second-order valence-corrected chi connectivity index (χ2v) is 6.10. The molecule has 0 aliphatic carbocycles. The predicted octanol–water partition coefficient (Wildman–Crippen LogP) is 3.45. The third kappa shape index (κ3) is 4.65. The highest BCUT2D eigenvalue weighted by molar-refractivity contribution is 7.09. The zero-order valence-corrected chi connectivity index (χ0v) is 13.5. The van der Waals surface area contributed by atoms with E-state index in [0.29, 0.717) is 6.42 Å². The normalized spacial score (nSPS) is 12.1. The largest absolute Gasteiger partial charge is 0.326 e. The molecule has 1 aromatic heterocycles. The van der Waals surface area contributed by atoms with Crippen LogP contribution in [0, 0.1) is 6.92 Å². The van der Waals surface area contributed by atoms with Gasteiger partial charge in [0.1, 0.15) is 0 Å². The van der Waals surface area contributed by atoms with Crippen LogP contribution < -0.4 is 10.6 Å². The van der Waals surface area contributed by atoms with Crippen LogP contribution in [0.1, 0.15) is 25.3 Å². The van der Waals surface area contributed by atoms with E-state index in [1.54, 1.807) is 11.3 Å². The Kier molecular flexibility index (Phi) is 5.47. The van der Waals surface area contributed by atoms with Gasteiger partial charge in [-0.05, 0) is 32.5 Å². The quantitative estimate of drug-likeness (QED) is 0.859. The van der Waals surface area contributed by atoms with Gasteiger partial charge in [-0.3, -0.25) is 4.79 Å². The van der Waals surface area contributed by atoms with Gasteiger partial charge in [-0.25, -0.2) is 4.98 Å². The van der Waals surface area contributed by atoms with Crippen LogP contribution in [0.15, 0.2) is 29.6 Å². The number of aromatic nitrogens is 1. The summed E-state index contributed by atoms with van der Waals surface area (Å²) in [6, 6.07) is 7.99. The molecule has 1 aromatic carbocycles. The first-order valence-corrected chi connectivity index (χ1v) is 8.02. The minimum Gasteiger partial charge on any atom is -0.326 e. The Bertz CT molecular complexity index is 592. The summed E-state index contributed by atoms with van der Waals surface area (Å²) >= 11 is 1.64. The number of benzene rings is 1. The zero-order valence-electron chi connectivity index (χ0n) is 12.6. The molecule has 0 aliphatic rings. The van der Waals surface area contributed by atoms with Crippen LogP contribution in [-0.4, -0.2) is 23.5 Å². The van der Waals surface area contributed by atoms with Crippen molar-refractivity contribution in [3.63, 3.8) is 0 Å². The Morgan fingerprint density at radius 2 is 2.05 bits per heavy atom. The van der Waals surface area contributed by atoms with Gasteiger partial charge in [0.2, 0.25) is 5.91 Å². The van der Waals surface area contributed by atoms with E-state index in [2.05, 4.69) is 15.6 Å². The van der Waals surface area contributed by atoms with E-state index in [9.17, 15) is 4.79 Å². The van der Waals surface area contributed by atoms with Crippen molar-refractivity contribution >= 4 is 22.9 Å². The Morgan fingerprint density at radius 1 is 1.33 bits per heavy atom. The molecule has 21 heavy (non-hydrogen) atoms. The molecular weight excluding hydrogens is 282 g/mol. The number of hydrogen-bond acceptors (Lipinski definition) is 4. The Hall–Kier alpha value is -1.72. The van der Waals surface area contributed by atoms with Crippen molar-refractivity contribution < 1.29 is 4.79 Å². The number of aryl methyl sites for hydroxylation is 1. The summed E-state index contributed by atoms with van der Waals surface area (Å²) < 4.78 is 0. The van der Waals surface area contributed by atoms with Crippen LogP contribution in [0.2, 0.25) is 0 Å². The molecule has 2 aromatic rings. The van der Waals surface area contributed by atoms with Crippen molar-refractivity contribution in [3.05, 3.63) is 34.7 Å². The topological polar surface area (TPSA) is 54.0 Å². The van der Waals surface area contributed by atoms with Crippen molar-refractivity contribution in [2.24, 2.45) is 0 Å². The van der Waals surface area contributed by atoms with Crippen LogP contribution in [0.5, 0.6) is 0 Å². The molecule has 1 heterocycles. The van der Waals surface area contributed by atoms with Crippen LogP contribution in [0.25, 0.3) is 11.3 Å². The second-order valence-electron chi connectivity index (χ2n) is 5.04. The van der Waals surface area contributed by atoms with Crippen molar-refractivity contribution in [2.75, 3.05) is 11.9 Å². The minimum atomic E-state index is 0.0284. The van der Waals surface area contributed by atoms with Gasteiger partial charge in [0, 0.05) is 29.1 Å². The van der Waals surface area contributed by atoms with E-state index < -0.39 is 0 Å². The summed E-state index contributed by atoms with van der Waals surface area (Å²) in [7, 11) is 0. The van der Waals surface area contributed by atoms with E-state index in [-0.39, 0.29) is 11.9 Å². The third-order valence-corrected chi connectivity index (χ3v) is 3.90. The number of amides is 1. The van der Waals surface area contributed by atoms with Gasteiger partial charge in [-0.15, -0.1) is 11.3 Å².